The van der Waals surface area contributed by atoms with Crippen molar-refractivity contribution in [2.24, 2.45) is 0 Å². The van der Waals surface area contributed by atoms with Crippen molar-refractivity contribution in [3.63, 3.8) is 0 Å². The molecule has 0 N–H and O–H groups in total. The number of hydrogen-bond donors (Lipinski definition) is 0. The van der Waals surface area contributed by atoms with Gasteiger partial charge in [0.05, 0.1) is 0 Å². The summed E-state index contributed by atoms with van der Waals surface area (Å²) in [6.07, 6.45) is 0. The molecule has 0 heterocycles. The Morgan fingerprint density at radius 1 is 0.244 bits per heavy atom. The van der Waals surface area contributed by atoms with Crippen LogP contribution in [0, 0.1) is 33.4 Å². The summed E-state index contributed by atoms with van der Waals surface area (Å²) >= 11 is 0.333. The molecule has 0 fully saturated rings. The van der Waals surface area contributed by atoms with Crippen LogP contribution >= 0.6 is 0 Å². The van der Waals surface area contributed by atoms with Gasteiger partial charge in [-0.2, -0.15) is 0 Å². The Bertz CT molecular complexity index is 86.0. The first kappa shape index (κ1) is 2380. The quantitative estimate of drug-likeness (QED) is 0.175. The summed E-state index contributed by atoms with van der Waals surface area (Å²) in [4.78, 5) is 0. The molecule has 294 valence electrons. The molecule has 0 saturated heterocycles. The van der Waals surface area contributed by atoms with Crippen molar-refractivity contribution >= 4 is 51.4 Å². The molecular weight excluding hydrogens is 782 g/mol. The molecule has 0 aliphatic heterocycles. The first-order valence-corrected chi connectivity index (χ1v) is 2.02. The van der Waals surface area contributed by atoms with Crippen molar-refractivity contribution < 1.29 is 55.9 Å². The predicted molar refractivity (Wildman–Crippen MR) is 229 cm³/mol. The topological polar surface area (TPSA) is 136 Å². The van der Waals surface area contributed by atoms with E-state index in [0.717, 1.165) is 0 Å². The predicted octanol–water partition coefficient (Wildman–Crippen LogP) is 19.4. The second-order valence-electron chi connectivity index (χ2n) is 0. The van der Waals surface area contributed by atoms with Crippen molar-refractivity contribution in [2.45, 2.75) is 230 Å². The zero-order valence-electron chi connectivity index (χ0n) is 5.21. The maximum absolute atomic E-state index is 8.33. The molecule has 0 rings (SSSR count). The van der Waals surface area contributed by atoms with Gasteiger partial charge in [0.25, 0.3) is 0 Å². The first-order valence-electron chi connectivity index (χ1n) is 0.825. The molecule has 0 saturated carbocycles. The molecule has 2 radical (unpaired) electrons. The molecule has 9 heteroatoms. The maximum Gasteiger partial charge on any atom is 0 e. The summed E-state index contributed by atoms with van der Waals surface area (Å²) in [6.45, 7) is 3.50. The summed E-state index contributed by atoms with van der Waals surface area (Å²) in [7, 11) is 0. The van der Waals surface area contributed by atoms with Gasteiger partial charge in [0, 0.05) is 112 Å². The van der Waals surface area contributed by atoms with Crippen molar-refractivity contribution in [2.75, 3.05) is 0 Å². The third-order valence-corrected chi connectivity index (χ3v) is 0. The van der Waals surface area contributed by atoms with Gasteiger partial charge in [-0.25, -0.2) is 5.26 Å². The fraction of sp³-hybridized carbons (Fsp3) is 0.969. The summed E-state index contributed by atoms with van der Waals surface area (Å²) in [5, 5.41) is 30.5. The Kier molecular flexibility index (Phi) is 1630000. The zero-order valence-corrected chi connectivity index (χ0v) is 14.1. The van der Waals surface area contributed by atoms with Gasteiger partial charge in [0.1, 0.15) is 0 Å². The van der Waals surface area contributed by atoms with Crippen LogP contribution in [0.25, 0.3) is 0 Å². The summed E-state index contributed by atoms with van der Waals surface area (Å²) < 4.78 is 8.33. The van der Waals surface area contributed by atoms with Gasteiger partial charge in [-0.05, 0) is 0 Å². The molecule has 41 heavy (non-hydrogen) atoms. The number of hydrogen-bond acceptors (Lipinski definition) is 6. The molecule has 0 aliphatic rings. The smallest absolute Gasteiger partial charge is 0 e. The van der Waals surface area contributed by atoms with E-state index in [-0.39, 0.29) is 314 Å². The fourth-order valence-electron chi connectivity index (χ4n) is 0. The van der Waals surface area contributed by atoms with E-state index in [2.05, 4.69) is 6.57 Å². The van der Waals surface area contributed by atoms with Gasteiger partial charge < -0.3 is 0 Å². The van der Waals surface area contributed by atoms with E-state index in [9.17, 15) is 0 Å². The first-order chi connectivity index (χ1) is 4.00. The molecule has 0 unspecified atom stereocenters. The van der Waals surface area contributed by atoms with E-state index in [1.165, 1.54) is 0 Å². The average Bonchev–Trinajstić information content (AvgIpc) is 2.03. The summed E-state index contributed by atoms with van der Waals surface area (Å²) in [5.41, 5.74) is 0. The third kappa shape index (κ3) is 26800. The van der Waals surface area contributed by atoms with Gasteiger partial charge in [0.15, 0.2) is 0 Å². The molecule has 0 amide bonds. The molecule has 0 aromatic heterocycles. The summed E-state index contributed by atoms with van der Waals surface area (Å²) in [6, 6.07) is 0. The Morgan fingerprint density at radius 3 is 0.244 bits per heavy atom. The van der Waals surface area contributed by atoms with E-state index < -0.39 is 0 Å². The molecule has 0 aliphatic carbocycles. The fourth-order valence-corrected chi connectivity index (χ4v) is 0. The SMILES string of the molecule is C.C.C.C.C.C.C.C.C.C.C.C.C.C.C.C.C.C.C.C.C.C.C.C.C.C.C.C.C.C.C.C#N.N#N.N#N.[K].[O]=[W].[Y]. The van der Waals surface area contributed by atoms with Crippen LogP contribution in [0.1, 0.15) is 230 Å². The van der Waals surface area contributed by atoms with Crippen molar-refractivity contribution in [3.05, 3.63) is 0 Å². The minimum Gasteiger partial charge on any atom is 0 e. The van der Waals surface area contributed by atoms with Crippen molar-refractivity contribution in [1.29, 1.82) is 26.8 Å². The minimum absolute atomic E-state index is 0. The van der Waals surface area contributed by atoms with Crippen LogP contribution in [-0.4, -0.2) is 51.4 Å². The van der Waals surface area contributed by atoms with Crippen LogP contribution in [0.5, 0.6) is 0 Å². The van der Waals surface area contributed by atoms with Crippen LogP contribution in [0.3, 0.4) is 0 Å². The van der Waals surface area contributed by atoms with Crippen LogP contribution in [-0.2, 0) is 55.9 Å². The second kappa shape index (κ2) is 28100. The van der Waals surface area contributed by atoms with Crippen LogP contribution in [0.2, 0.25) is 0 Å². The van der Waals surface area contributed by atoms with Gasteiger partial charge in [0.2, 0.25) is 0 Å². The molecular formula is C32H125KN5OWY. The Labute approximate surface area is 366 Å². The van der Waals surface area contributed by atoms with E-state index in [1.807, 2.05) is 0 Å². The third-order valence-electron chi connectivity index (χ3n) is 0. The Balaban J connectivity index is -0.000000000117. The maximum atomic E-state index is 8.33. The molecule has 0 bridgehead atoms. The molecule has 0 atom stereocenters. The van der Waals surface area contributed by atoms with Gasteiger partial charge in [-0.3, -0.25) is 0 Å². The minimum atomic E-state index is 0. The van der Waals surface area contributed by atoms with Gasteiger partial charge in [-0.15, -0.1) is 0 Å². The summed E-state index contributed by atoms with van der Waals surface area (Å²) in [5.74, 6) is 0. The Morgan fingerprint density at radius 2 is 0.244 bits per heavy atom. The molecule has 6 nitrogen and oxygen atoms in total. The van der Waals surface area contributed by atoms with Crippen LogP contribution < -0.4 is 0 Å². The molecule has 0 aromatic rings. The van der Waals surface area contributed by atoms with E-state index >= 15 is 0 Å². The normalized spacial score (nSPS) is 0.244. The van der Waals surface area contributed by atoms with E-state index in [0.29, 0.717) is 19.8 Å². The molecule has 0 spiro atoms. The van der Waals surface area contributed by atoms with Crippen molar-refractivity contribution in [3.8, 4) is 6.57 Å². The van der Waals surface area contributed by atoms with Crippen LogP contribution in [0.15, 0.2) is 0 Å². The standard InChI is InChI=1S/CHN.31CH4.K.2N2.O.W.Y/c1-2;;;;;;;;;;;;;;;;;;;;;;;;;;;;;;;;;2*1-2;;;/h1H;31*1H4;;;;;;. The van der Waals surface area contributed by atoms with Crippen LogP contribution in [0.4, 0.5) is 0 Å². The largest absolute Gasteiger partial charge is 0 e. The van der Waals surface area contributed by atoms with Gasteiger partial charge in [-0.1, -0.05) is 230 Å². The Hall–Kier alpha value is 1.56. The number of nitriles is 1. The van der Waals surface area contributed by atoms with E-state index in [4.69, 9.17) is 30.2 Å². The van der Waals surface area contributed by atoms with Gasteiger partial charge >= 0.3 is 23.2 Å². The number of rotatable bonds is 0. The van der Waals surface area contributed by atoms with Crippen molar-refractivity contribution in [1.82, 2.24) is 0 Å². The second-order valence-corrected chi connectivity index (χ2v) is 0. The van der Waals surface area contributed by atoms with E-state index in [1.54, 1.807) is 0 Å². The monoisotopic (exact) mass is 908 g/mol. The number of nitrogens with zero attached hydrogens (tertiary/aromatic N) is 5. The molecule has 0 aromatic carbocycles. The zero-order chi connectivity index (χ0) is 8.00. The average molecular weight is 908 g/mol.